The first-order valence-corrected chi connectivity index (χ1v) is 8.09. The van der Waals surface area contributed by atoms with Crippen LogP contribution in [0.2, 0.25) is 0 Å². The highest BCUT2D eigenvalue weighted by atomic mass is 32.2. The Kier molecular flexibility index (Phi) is 6.03. The van der Waals surface area contributed by atoms with E-state index in [1.807, 2.05) is 42.7 Å². The smallest absolute Gasteiger partial charge is 0.191 e. The van der Waals surface area contributed by atoms with Crippen LogP contribution in [0.5, 0.6) is 5.75 Å². The van der Waals surface area contributed by atoms with Crippen LogP contribution in [0.4, 0.5) is 0 Å². The van der Waals surface area contributed by atoms with Gasteiger partial charge in [-0.15, -0.1) is 16.8 Å². The minimum atomic E-state index is -0.570. The summed E-state index contributed by atoms with van der Waals surface area (Å²) in [4.78, 5) is 0. The van der Waals surface area contributed by atoms with E-state index in [0.29, 0.717) is 12.3 Å². The van der Waals surface area contributed by atoms with Gasteiger partial charge in [0.25, 0.3) is 0 Å². The quantitative estimate of drug-likeness (QED) is 0.599. The van der Waals surface area contributed by atoms with E-state index in [1.165, 1.54) is 11.8 Å². The van der Waals surface area contributed by atoms with Crippen molar-refractivity contribution in [1.29, 1.82) is 0 Å². The van der Waals surface area contributed by atoms with Crippen LogP contribution in [0.15, 0.2) is 42.1 Å². The second-order valence-corrected chi connectivity index (χ2v) is 6.01. The van der Waals surface area contributed by atoms with Gasteiger partial charge in [-0.2, -0.15) is 0 Å². The molecule has 1 aromatic heterocycles. The molecule has 22 heavy (non-hydrogen) atoms. The van der Waals surface area contributed by atoms with Crippen molar-refractivity contribution in [3.8, 4) is 5.75 Å². The lowest BCUT2D eigenvalue weighted by Gasteiger charge is -2.12. The van der Waals surface area contributed by atoms with Gasteiger partial charge < -0.3 is 14.4 Å². The van der Waals surface area contributed by atoms with E-state index in [4.69, 9.17) is 4.74 Å². The molecule has 6 heteroatoms. The Labute approximate surface area is 135 Å². The molecule has 0 saturated heterocycles. The minimum absolute atomic E-state index is 0.255. The third-order valence-electron chi connectivity index (χ3n) is 3.05. The van der Waals surface area contributed by atoms with E-state index in [0.717, 1.165) is 22.3 Å². The van der Waals surface area contributed by atoms with Crippen molar-refractivity contribution >= 4 is 11.8 Å². The monoisotopic (exact) mass is 319 g/mol. The number of hydrogen-bond donors (Lipinski definition) is 1. The van der Waals surface area contributed by atoms with Gasteiger partial charge in [-0.05, 0) is 31.5 Å². The number of aliphatic hydroxyl groups excluding tert-OH is 1. The summed E-state index contributed by atoms with van der Waals surface area (Å²) in [5, 5.41) is 19.0. The summed E-state index contributed by atoms with van der Waals surface area (Å²) in [6.07, 6.45) is 1.23. The van der Waals surface area contributed by atoms with Crippen LogP contribution >= 0.6 is 11.8 Å². The van der Waals surface area contributed by atoms with Crippen LogP contribution in [0.1, 0.15) is 11.4 Å². The zero-order chi connectivity index (χ0) is 15.9. The number of ether oxygens (including phenoxy) is 1. The highest BCUT2D eigenvalue weighted by molar-refractivity contribution is 7.99. The Hall–Kier alpha value is -1.79. The molecule has 0 fully saturated rings. The molecule has 2 aromatic rings. The minimum Gasteiger partial charge on any atom is -0.491 e. The zero-order valence-corrected chi connectivity index (χ0v) is 13.7. The number of allylic oxidation sites excluding steroid dienone is 1. The molecule has 118 valence electrons. The molecule has 0 aliphatic rings. The van der Waals surface area contributed by atoms with Crippen molar-refractivity contribution in [1.82, 2.24) is 14.8 Å². The van der Waals surface area contributed by atoms with E-state index < -0.39 is 6.10 Å². The summed E-state index contributed by atoms with van der Waals surface area (Å²) < 4.78 is 7.56. The fraction of sp³-hybridized carbons (Fsp3) is 0.375. The fourth-order valence-electron chi connectivity index (χ4n) is 1.92. The number of hydrogen-bond acceptors (Lipinski definition) is 5. The average molecular weight is 319 g/mol. The molecule has 1 aromatic carbocycles. The predicted molar refractivity (Wildman–Crippen MR) is 88.4 cm³/mol. The van der Waals surface area contributed by atoms with Gasteiger partial charge in [0, 0.05) is 12.3 Å². The highest BCUT2D eigenvalue weighted by Gasteiger charge is 2.12. The van der Waals surface area contributed by atoms with Crippen LogP contribution in [0.3, 0.4) is 0 Å². The molecular weight excluding hydrogens is 298 g/mol. The average Bonchev–Trinajstić information content (AvgIpc) is 2.84. The van der Waals surface area contributed by atoms with E-state index in [9.17, 15) is 5.11 Å². The summed E-state index contributed by atoms with van der Waals surface area (Å²) in [6.45, 7) is 8.56. The van der Waals surface area contributed by atoms with Gasteiger partial charge in [-0.1, -0.05) is 30.0 Å². The van der Waals surface area contributed by atoms with Crippen LogP contribution in [-0.4, -0.2) is 38.3 Å². The van der Waals surface area contributed by atoms with Crippen molar-refractivity contribution < 1.29 is 9.84 Å². The number of aromatic nitrogens is 3. The first-order chi connectivity index (χ1) is 10.6. The molecule has 0 radical (unpaired) electrons. The molecule has 2 rings (SSSR count). The normalized spacial score (nSPS) is 12.1. The Morgan fingerprint density at radius 3 is 2.95 bits per heavy atom. The SMILES string of the molecule is C=CCn1c(C)nnc1SCC(O)COc1cccc(C)c1. The molecule has 0 amide bonds. The maximum absolute atomic E-state index is 10.0. The van der Waals surface area contributed by atoms with Crippen molar-refractivity contribution in [3.63, 3.8) is 0 Å². The molecule has 1 N–H and O–H groups in total. The molecule has 1 atom stereocenters. The summed E-state index contributed by atoms with van der Waals surface area (Å²) >= 11 is 1.47. The molecule has 0 aliphatic carbocycles. The molecule has 1 unspecified atom stereocenters. The largest absolute Gasteiger partial charge is 0.491 e. The van der Waals surface area contributed by atoms with Crippen LogP contribution in [-0.2, 0) is 6.54 Å². The van der Waals surface area contributed by atoms with Crippen molar-refractivity contribution in [2.24, 2.45) is 0 Å². The van der Waals surface area contributed by atoms with E-state index in [1.54, 1.807) is 6.08 Å². The van der Waals surface area contributed by atoms with Crippen molar-refractivity contribution in [3.05, 3.63) is 48.3 Å². The predicted octanol–water partition coefficient (Wildman–Crippen LogP) is 2.61. The second kappa shape index (κ2) is 8.00. The third-order valence-corrected chi connectivity index (χ3v) is 4.16. The molecule has 0 spiro atoms. The number of rotatable bonds is 8. The zero-order valence-electron chi connectivity index (χ0n) is 12.9. The van der Waals surface area contributed by atoms with Gasteiger partial charge >= 0.3 is 0 Å². The molecular formula is C16H21N3O2S. The highest BCUT2D eigenvalue weighted by Crippen LogP contribution is 2.19. The van der Waals surface area contributed by atoms with Gasteiger partial charge in [0.05, 0.1) is 6.10 Å². The number of thioether (sulfide) groups is 1. The Morgan fingerprint density at radius 1 is 1.41 bits per heavy atom. The van der Waals surface area contributed by atoms with Crippen LogP contribution in [0, 0.1) is 13.8 Å². The maximum Gasteiger partial charge on any atom is 0.191 e. The van der Waals surface area contributed by atoms with Crippen LogP contribution in [0.25, 0.3) is 0 Å². The van der Waals surface area contributed by atoms with Gasteiger partial charge in [0.15, 0.2) is 5.16 Å². The molecule has 1 heterocycles. The van der Waals surface area contributed by atoms with Gasteiger partial charge in [0.1, 0.15) is 18.2 Å². The lowest BCUT2D eigenvalue weighted by molar-refractivity contribution is 0.126. The number of aryl methyl sites for hydroxylation is 2. The van der Waals surface area contributed by atoms with Gasteiger partial charge in [0.2, 0.25) is 0 Å². The Bertz CT molecular complexity index is 628. The lowest BCUT2D eigenvalue weighted by atomic mass is 10.2. The van der Waals surface area contributed by atoms with Gasteiger partial charge in [-0.3, -0.25) is 0 Å². The fourth-order valence-corrected chi connectivity index (χ4v) is 2.82. The van der Waals surface area contributed by atoms with E-state index >= 15 is 0 Å². The first-order valence-electron chi connectivity index (χ1n) is 7.11. The Balaban J connectivity index is 1.83. The summed E-state index contributed by atoms with van der Waals surface area (Å²) in [6, 6.07) is 7.78. The molecule has 0 bridgehead atoms. The first kappa shape index (κ1) is 16.6. The van der Waals surface area contributed by atoms with Crippen molar-refractivity contribution in [2.45, 2.75) is 31.7 Å². The van der Waals surface area contributed by atoms with E-state index in [2.05, 4.69) is 16.8 Å². The van der Waals surface area contributed by atoms with Gasteiger partial charge in [-0.25, -0.2) is 0 Å². The molecule has 5 nitrogen and oxygen atoms in total. The number of aliphatic hydroxyl groups is 1. The van der Waals surface area contributed by atoms with Crippen molar-refractivity contribution in [2.75, 3.05) is 12.4 Å². The number of benzene rings is 1. The Morgan fingerprint density at radius 2 is 2.23 bits per heavy atom. The summed E-state index contributed by atoms with van der Waals surface area (Å²) in [7, 11) is 0. The lowest BCUT2D eigenvalue weighted by Crippen LogP contribution is -2.20. The third kappa shape index (κ3) is 4.61. The number of nitrogens with zero attached hydrogens (tertiary/aromatic N) is 3. The maximum atomic E-state index is 10.0. The second-order valence-electron chi connectivity index (χ2n) is 5.02. The topological polar surface area (TPSA) is 60.2 Å². The standard InChI is InChI=1S/C16H21N3O2S/c1-4-8-19-13(3)17-18-16(19)22-11-14(20)10-21-15-7-5-6-12(2)9-15/h4-7,9,14,20H,1,8,10-11H2,2-3H3. The van der Waals surface area contributed by atoms with E-state index in [-0.39, 0.29) is 6.61 Å². The summed E-state index contributed by atoms with van der Waals surface area (Å²) in [5.74, 6) is 2.11. The van der Waals surface area contributed by atoms with Crippen LogP contribution < -0.4 is 4.74 Å². The summed E-state index contributed by atoms with van der Waals surface area (Å²) in [5.41, 5.74) is 1.13. The molecule has 0 aliphatic heterocycles. The molecule has 0 saturated carbocycles.